The lowest BCUT2D eigenvalue weighted by molar-refractivity contribution is 0.00937. The van der Waals surface area contributed by atoms with E-state index in [4.69, 9.17) is 4.74 Å². The minimum atomic E-state index is -0.435. The molecule has 0 saturated carbocycles. The van der Waals surface area contributed by atoms with Crippen molar-refractivity contribution in [3.63, 3.8) is 0 Å². The number of ether oxygens (including phenoxy) is 1. The number of allylic oxidation sites excluding steroid dienone is 2. The van der Waals surface area contributed by atoms with E-state index in [1.807, 2.05) is 6.08 Å². The van der Waals surface area contributed by atoms with E-state index in [0.29, 0.717) is 5.92 Å². The van der Waals surface area contributed by atoms with Crippen LogP contribution >= 0.6 is 0 Å². The highest BCUT2D eigenvalue weighted by Crippen LogP contribution is 2.47. The Balaban J connectivity index is 2.11. The van der Waals surface area contributed by atoms with Gasteiger partial charge in [0.2, 0.25) is 0 Å². The van der Waals surface area contributed by atoms with Gasteiger partial charge in [-0.2, -0.15) is 0 Å². The Kier molecular flexibility index (Phi) is 3.45. The molecule has 2 aliphatic rings. The average Bonchev–Trinajstić information content (AvgIpc) is 2.37. The highest BCUT2D eigenvalue weighted by Gasteiger charge is 2.39. The Labute approximate surface area is 127 Å². The van der Waals surface area contributed by atoms with E-state index in [0.717, 1.165) is 30.6 Å². The average molecular weight is 284 g/mol. The maximum Gasteiger partial charge on any atom is 0.128 e. The number of aliphatic hydroxyl groups is 1. The monoisotopic (exact) mass is 284 g/mol. The van der Waals surface area contributed by atoms with Crippen molar-refractivity contribution in [1.29, 1.82) is 0 Å². The lowest BCUT2D eigenvalue weighted by Gasteiger charge is -2.41. The summed E-state index contributed by atoms with van der Waals surface area (Å²) >= 11 is 0. The van der Waals surface area contributed by atoms with Gasteiger partial charge in [-0.25, -0.2) is 0 Å². The van der Waals surface area contributed by atoms with Crippen LogP contribution in [-0.4, -0.2) is 11.2 Å². The van der Waals surface area contributed by atoms with Crippen LogP contribution in [0.3, 0.4) is 0 Å². The molecule has 112 valence electrons. The van der Waals surface area contributed by atoms with E-state index in [1.165, 1.54) is 16.7 Å². The molecule has 0 amide bonds. The van der Waals surface area contributed by atoms with Gasteiger partial charge in [-0.3, -0.25) is 0 Å². The van der Waals surface area contributed by atoms with Crippen molar-refractivity contribution >= 4 is 5.57 Å². The number of fused-ring (bicyclic) bond motifs is 2. The van der Waals surface area contributed by atoms with Crippen LogP contribution in [0.2, 0.25) is 0 Å². The minimum absolute atomic E-state index is 0.336. The molecular formula is C19H24O2. The van der Waals surface area contributed by atoms with Crippen molar-refractivity contribution in [1.82, 2.24) is 0 Å². The topological polar surface area (TPSA) is 29.5 Å². The molecule has 2 heteroatoms. The molecule has 21 heavy (non-hydrogen) atoms. The van der Waals surface area contributed by atoms with Crippen LogP contribution in [0.4, 0.5) is 0 Å². The van der Waals surface area contributed by atoms with Gasteiger partial charge >= 0.3 is 0 Å². The van der Waals surface area contributed by atoms with Gasteiger partial charge in [-0.05, 0) is 45.1 Å². The Morgan fingerprint density at radius 3 is 2.90 bits per heavy atom. The van der Waals surface area contributed by atoms with E-state index in [2.05, 4.69) is 45.5 Å². The summed E-state index contributed by atoms with van der Waals surface area (Å²) in [6, 6.07) is 6.44. The quantitative estimate of drug-likeness (QED) is 0.820. The summed E-state index contributed by atoms with van der Waals surface area (Å²) in [5.74, 6) is 1.40. The van der Waals surface area contributed by atoms with Gasteiger partial charge < -0.3 is 9.84 Å². The van der Waals surface area contributed by atoms with Crippen molar-refractivity contribution < 1.29 is 9.84 Å². The Bertz CT molecular complexity index is 610. The second kappa shape index (κ2) is 5.03. The van der Waals surface area contributed by atoms with Crippen LogP contribution in [0.5, 0.6) is 0 Å². The SMILES string of the molecule is C=CCC1CC2=C(c3cc(C)ccc3C(C)(C)O2)C(O)C1. The molecule has 0 radical (unpaired) electrons. The number of aliphatic hydroxyl groups excluding tert-OH is 1. The fourth-order valence-corrected chi connectivity index (χ4v) is 3.69. The summed E-state index contributed by atoms with van der Waals surface area (Å²) in [7, 11) is 0. The molecule has 0 saturated heterocycles. The number of hydrogen-bond donors (Lipinski definition) is 1. The van der Waals surface area contributed by atoms with E-state index < -0.39 is 6.10 Å². The van der Waals surface area contributed by atoms with Crippen LogP contribution in [0.15, 0.2) is 36.6 Å². The van der Waals surface area contributed by atoms with Crippen molar-refractivity contribution in [3.8, 4) is 0 Å². The van der Waals surface area contributed by atoms with E-state index in [-0.39, 0.29) is 5.60 Å². The van der Waals surface area contributed by atoms with E-state index >= 15 is 0 Å². The highest BCUT2D eigenvalue weighted by molar-refractivity contribution is 5.76. The highest BCUT2D eigenvalue weighted by atomic mass is 16.5. The fraction of sp³-hybridized carbons (Fsp3) is 0.474. The number of hydrogen-bond acceptors (Lipinski definition) is 2. The zero-order valence-corrected chi connectivity index (χ0v) is 13.1. The molecule has 1 aliphatic heterocycles. The molecule has 2 unspecified atom stereocenters. The van der Waals surface area contributed by atoms with Crippen molar-refractivity contribution in [2.45, 2.75) is 51.7 Å². The van der Waals surface area contributed by atoms with Crippen LogP contribution < -0.4 is 0 Å². The second-order valence-corrected chi connectivity index (χ2v) is 6.84. The van der Waals surface area contributed by atoms with Gasteiger partial charge in [0.05, 0.1) is 6.10 Å². The van der Waals surface area contributed by atoms with Gasteiger partial charge in [0.25, 0.3) is 0 Å². The predicted molar refractivity (Wildman–Crippen MR) is 85.8 cm³/mol. The molecule has 2 nitrogen and oxygen atoms in total. The van der Waals surface area contributed by atoms with Crippen LogP contribution in [0.1, 0.15) is 49.8 Å². The van der Waals surface area contributed by atoms with Crippen LogP contribution in [0.25, 0.3) is 5.57 Å². The summed E-state index contributed by atoms with van der Waals surface area (Å²) in [5, 5.41) is 10.6. The lowest BCUT2D eigenvalue weighted by atomic mass is 9.76. The first-order valence-corrected chi connectivity index (χ1v) is 7.75. The maximum atomic E-state index is 10.6. The van der Waals surface area contributed by atoms with Crippen molar-refractivity contribution in [3.05, 3.63) is 53.3 Å². The van der Waals surface area contributed by atoms with Crippen LogP contribution in [-0.2, 0) is 10.3 Å². The predicted octanol–water partition coefficient (Wildman–Crippen LogP) is 4.32. The summed E-state index contributed by atoms with van der Waals surface area (Å²) in [6.45, 7) is 10.1. The molecule has 3 rings (SSSR count). The molecule has 0 spiro atoms. The third-order valence-corrected chi connectivity index (χ3v) is 4.66. The first kappa shape index (κ1) is 14.4. The third-order valence-electron chi connectivity index (χ3n) is 4.66. The molecule has 1 N–H and O–H groups in total. The normalized spacial score (nSPS) is 26.7. The molecule has 0 fully saturated rings. The summed E-state index contributed by atoms with van der Waals surface area (Å²) in [5.41, 5.74) is 4.24. The van der Waals surface area contributed by atoms with Gasteiger partial charge in [-0.1, -0.05) is 29.8 Å². The molecule has 1 heterocycles. The molecule has 0 aromatic heterocycles. The maximum absolute atomic E-state index is 10.6. The minimum Gasteiger partial charge on any atom is -0.487 e. The van der Waals surface area contributed by atoms with Crippen molar-refractivity contribution in [2.75, 3.05) is 0 Å². The summed E-state index contributed by atoms with van der Waals surface area (Å²) in [6.07, 6.45) is 4.13. The standard InChI is InChI=1S/C19H24O2/c1-5-6-13-10-16(20)18-14-9-12(2)7-8-15(14)19(3,4)21-17(18)11-13/h5,7-9,13,16,20H,1,6,10-11H2,2-4H3. The van der Waals surface area contributed by atoms with Gasteiger partial charge in [0.1, 0.15) is 11.4 Å². The Morgan fingerprint density at radius 1 is 1.43 bits per heavy atom. The van der Waals surface area contributed by atoms with Crippen molar-refractivity contribution in [2.24, 2.45) is 5.92 Å². The van der Waals surface area contributed by atoms with Gasteiger partial charge in [-0.15, -0.1) is 6.58 Å². The number of benzene rings is 1. The summed E-state index contributed by atoms with van der Waals surface area (Å²) < 4.78 is 6.28. The first-order valence-electron chi connectivity index (χ1n) is 7.75. The van der Waals surface area contributed by atoms with Gasteiger partial charge in [0.15, 0.2) is 0 Å². The smallest absolute Gasteiger partial charge is 0.128 e. The largest absolute Gasteiger partial charge is 0.487 e. The third kappa shape index (κ3) is 2.42. The zero-order valence-electron chi connectivity index (χ0n) is 13.1. The Morgan fingerprint density at radius 2 is 2.19 bits per heavy atom. The first-order chi connectivity index (χ1) is 9.92. The molecule has 1 aromatic carbocycles. The zero-order chi connectivity index (χ0) is 15.2. The number of aryl methyl sites for hydroxylation is 1. The molecule has 0 bridgehead atoms. The molecule has 1 aliphatic carbocycles. The molecular weight excluding hydrogens is 260 g/mol. The summed E-state index contributed by atoms with van der Waals surface area (Å²) in [4.78, 5) is 0. The number of rotatable bonds is 2. The van der Waals surface area contributed by atoms with E-state index in [9.17, 15) is 5.11 Å². The van der Waals surface area contributed by atoms with E-state index in [1.54, 1.807) is 0 Å². The van der Waals surface area contributed by atoms with Gasteiger partial charge in [0, 0.05) is 17.6 Å². The molecule has 1 aromatic rings. The molecule has 2 atom stereocenters. The fourth-order valence-electron chi connectivity index (χ4n) is 3.69. The second-order valence-electron chi connectivity index (χ2n) is 6.84. The Hall–Kier alpha value is -1.54. The van der Waals surface area contributed by atoms with Crippen LogP contribution in [0, 0.1) is 12.8 Å². The lowest BCUT2D eigenvalue weighted by Crippen LogP contribution is -2.34.